The number of ether oxygens (including phenoxy) is 1. The lowest BCUT2D eigenvalue weighted by Crippen LogP contribution is -2.58. The average Bonchev–Trinajstić information content (AvgIpc) is 2.41. The summed E-state index contributed by atoms with van der Waals surface area (Å²) in [4.78, 5) is 11.2. The lowest BCUT2D eigenvalue weighted by Gasteiger charge is -2.52. The van der Waals surface area contributed by atoms with Crippen LogP contribution < -0.4 is 5.32 Å². The average molecular weight is 291 g/mol. The third-order valence-electron chi connectivity index (χ3n) is 4.30. The van der Waals surface area contributed by atoms with Crippen LogP contribution in [0.1, 0.15) is 44.5 Å². The number of anilines is 1. The zero-order valence-electron chi connectivity index (χ0n) is 13.2. The van der Waals surface area contributed by atoms with Crippen LogP contribution in [0.3, 0.4) is 0 Å². The van der Waals surface area contributed by atoms with Gasteiger partial charge in [0.25, 0.3) is 0 Å². The summed E-state index contributed by atoms with van der Waals surface area (Å²) in [7, 11) is 0. The monoisotopic (exact) mass is 291 g/mol. The molecule has 0 aliphatic heterocycles. The van der Waals surface area contributed by atoms with Crippen LogP contribution in [0.5, 0.6) is 0 Å². The second kappa shape index (κ2) is 6.06. The molecule has 1 fully saturated rings. The normalized spacial score (nSPS) is 23.7. The lowest BCUT2D eigenvalue weighted by atomic mass is 9.64. The molecule has 1 aromatic carbocycles. The zero-order valence-corrected chi connectivity index (χ0v) is 13.2. The quantitative estimate of drug-likeness (QED) is 0.840. The van der Waals surface area contributed by atoms with Gasteiger partial charge in [0.1, 0.15) is 0 Å². The van der Waals surface area contributed by atoms with Crippen molar-refractivity contribution in [1.82, 2.24) is 0 Å². The smallest absolute Gasteiger partial charge is 0.337 e. The van der Waals surface area contributed by atoms with Crippen molar-refractivity contribution in [3.8, 4) is 0 Å². The van der Waals surface area contributed by atoms with E-state index in [9.17, 15) is 9.90 Å². The van der Waals surface area contributed by atoms with E-state index >= 15 is 0 Å². The summed E-state index contributed by atoms with van der Waals surface area (Å²) in [6.07, 6.45) is 1.14. The van der Waals surface area contributed by atoms with E-state index in [1.165, 1.54) is 0 Å². The highest BCUT2D eigenvalue weighted by atomic mass is 16.5. The highest BCUT2D eigenvalue weighted by Crippen LogP contribution is 2.44. The molecule has 4 heteroatoms. The predicted molar refractivity (Wildman–Crippen MR) is 83.8 cm³/mol. The summed E-state index contributed by atoms with van der Waals surface area (Å²) in [5.74, 6) is -0.372. The number of nitrogens with one attached hydrogen (secondary N) is 1. The Labute approximate surface area is 126 Å². The first-order valence-electron chi connectivity index (χ1n) is 7.52. The molecule has 21 heavy (non-hydrogen) atoms. The SMILES string of the molecule is CC(C)COC1CC(Nc2ccccc2C(=O)O)C1(C)C. The molecule has 1 aliphatic carbocycles. The summed E-state index contributed by atoms with van der Waals surface area (Å²) in [6, 6.07) is 7.28. The molecule has 0 amide bonds. The van der Waals surface area contributed by atoms with Crippen molar-refractivity contribution in [3.05, 3.63) is 29.8 Å². The van der Waals surface area contributed by atoms with E-state index in [2.05, 4.69) is 33.0 Å². The third-order valence-corrected chi connectivity index (χ3v) is 4.30. The first kappa shape index (κ1) is 15.8. The molecular weight excluding hydrogens is 266 g/mol. The highest BCUT2D eigenvalue weighted by Gasteiger charge is 2.49. The molecule has 1 saturated carbocycles. The molecule has 2 N–H and O–H groups in total. The third kappa shape index (κ3) is 3.38. The van der Waals surface area contributed by atoms with Crippen molar-refractivity contribution >= 4 is 11.7 Å². The van der Waals surface area contributed by atoms with E-state index in [0.717, 1.165) is 13.0 Å². The Morgan fingerprint density at radius 3 is 2.67 bits per heavy atom. The minimum Gasteiger partial charge on any atom is -0.478 e. The van der Waals surface area contributed by atoms with Crippen LogP contribution in [0.15, 0.2) is 24.3 Å². The molecular formula is C17H25NO3. The summed E-state index contributed by atoms with van der Waals surface area (Å²) in [6.45, 7) is 9.40. The zero-order chi connectivity index (χ0) is 15.6. The van der Waals surface area contributed by atoms with Gasteiger partial charge in [-0.2, -0.15) is 0 Å². The number of para-hydroxylation sites is 1. The Morgan fingerprint density at radius 2 is 2.10 bits per heavy atom. The minimum atomic E-state index is -0.900. The van der Waals surface area contributed by atoms with Gasteiger partial charge < -0.3 is 15.2 Å². The lowest BCUT2D eigenvalue weighted by molar-refractivity contribution is -0.108. The van der Waals surface area contributed by atoms with Crippen molar-refractivity contribution < 1.29 is 14.6 Å². The molecule has 0 radical (unpaired) electrons. The minimum absolute atomic E-state index is 0.000501. The Kier molecular flexibility index (Phi) is 4.57. The summed E-state index contributed by atoms with van der Waals surface area (Å²) >= 11 is 0. The standard InChI is InChI=1S/C17H25NO3/c1-11(2)10-21-15-9-14(17(15,3)4)18-13-8-6-5-7-12(13)16(19)20/h5-8,11,14-15,18H,9-10H2,1-4H3,(H,19,20). The van der Waals surface area contributed by atoms with Gasteiger partial charge in [-0.25, -0.2) is 4.79 Å². The number of aromatic carboxylic acids is 1. The van der Waals surface area contributed by atoms with E-state index in [1.54, 1.807) is 12.1 Å². The van der Waals surface area contributed by atoms with Gasteiger partial charge in [0.05, 0.1) is 11.7 Å². The Bertz CT molecular complexity index is 511. The number of hydrogen-bond acceptors (Lipinski definition) is 3. The summed E-state index contributed by atoms with van der Waals surface area (Å²) < 4.78 is 5.94. The highest BCUT2D eigenvalue weighted by molar-refractivity contribution is 5.94. The van der Waals surface area contributed by atoms with Crippen LogP contribution in [0.4, 0.5) is 5.69 Å². The predicted octanol–water partition coefficient (Wildman–Crippen LogP) is 3.64. The molecule has 1 aliphatic rings. The number of rotatable bonds is 6. The molecule has 0 bridgehead atoms. The molecule has 2 rings (SSSR count). The first-order valence-corrected chi connectivity index (χ1v) is 7.52. The number of carboxylic acid groups (broad SMARTS) is 1. The molecule has 0 heterocycles. The van der Waals surface area contributed by atoms with E-state index in [-0.39, 0.29) is 17.6 Å². The van der Waals surface area contributed by atoms with Gasteiger partial charge in [-0.1, -0.05) is 39.8 Å². The van der Waals surface area contributed by atoms with Crippen LogP contribution in [-0.4, -0.2) is 29.8 Å². The van der Waals surface area contributed by atoms with Crippen molar-refractivity contribution in [2.75, 3.05) is 11.9 Å². The fourth-order valence-corrected chi connectivity index (χ4v) is 2.71. The maximum absolute atomic E-state index is 11.2. The number of hydrogen-bond donors (Lipinski definition) is 2. The fraction of sp³-hybridized carbons (Fsp3) is 0.588. The number of carbonyl (C=O) groups is 1. The van der Waals surface area contributed by atoms with E-state index < -0.39 is 5.97 Å². The van der Waals surface area contributed by atoms with E-state index in [4.69, 9.17) is 4.74 Å². The van der Waals surface area contributed by atoms with Crippen molar-refractivity contribution in [2.45, 2.75) is 46.3 Å². The second-order valence-corrected chi connectivity index (χ2v) is 6.82. The summed E-state index contributed by atoms with van der Waals surface area (Å²) in [5.41, 5.74) is 1.01. The Morgan fingerprint density at radius 1 is 1.43 bits per heavy atom. The van der Waals surface area contributed by atoms with Crippen molar-refractivity contribution in [3.63, 3.8) is 0 Å². The maximum Gasteiger partial charge on any atom is 0.337 e. The molecule has 0 saturated heterocycles. The molecule has 116 valence electrons. The Balaban J connectivity index is 2.01. The molecule has 2 unspecified atom stereocenters. The maximum atomic E-state index is 11.2. The van der Waals surface area contributed by atoms with Crippen LogP contribution in [0.25, 0.3) is 0 Å². The first-order chi connectivity index (χ1) is 9.82. The van der Waals surface area contributed by atoms with Crippen LogP contribution in [0, 0.1) is 11.3 Å². The van der Waals surface area contributed by atoms with Gasteiger partial charge in [-0.3, -0.25) is 0 Å². The van der Waals surface area contributed by atoms with Gasteiger partial charge in [-0.05, 0) is 24.5 Å². The second-order valence-electron chi connectivity index (χ2n) is 6.82. The number of benzene rings is 1. The van der Waals surface area contributed by atoms with Gasteiger partial charge in [-0.15, -0.1) is 0 Å². The van der Waals surface area contributed by atoms with Crippen LogP contribution >= 0.6 is 0 Å². The molecule has 1 aromatic rings. The van der Waals surface area contributed by atoms with E-state index in [0.29, 0.717) is 17.2 Å². The molecule has 0 spiro atoms. The van der Waals surface area contributed by atoms with Crippen molar-refractivity contribution in [1.29, 1.82) is 0 Å². The van der Waals surface area contributed by atoms with Crippen LogP contribution in [0.2, 0.25) is 0 Å². The summed E-state index contributed by atoms with van der Waals surface area (Å²) in [5, 5.41) is 12.6. The van der Waals surface area contributed by atoms with Crippen LogP contribution in [-0.2, 0) is 4.74 Å². The molecule has 2 atom stereocenters. The van der Waals surface area contributed by atoms with Gasteiger partial charge in [0, 0.05) is 23.8 Å². The van der Waals surface area contributed by atoms with Gasteiger partial charge in [0.15, 0.2) is 0 Å². The van der Waals surface area contributed by atoms with Crippen molar-refractivity contribution in [2.24, 2.45) is 11.3 Å². The topological polar surface area (TPSA) is 58.6 Å². The Hall–Kier alpha value is -1.55. The fourth-order valence-electron chi connectivity index (χ4n) is 2.71. The largest absolute Gasteiger partial charge is 0.478 e. The van der Waals surface area contributed by atoms with E-state index in [1.807, 2.05) is 12.1 Å². The van der Waals surface area contributed by atoms with Gasteiger partial charge >= 0.3 is 5.97 Å². The van der Waals surface area contributed by atoms with Gasteiger partial charge in [0.2, 0.25) is 0 Å². The molecule has 4 nitrogen and oxygen atoms in total. The molecule has 0 aromatic heterocycles. The number of carboxylic acids is 1.